The van der Waals surface area contributed by atoms with Gasteiger partial charge in [-0.2, -0.15) is 0 Å². The molecule has 1 aromatic carbocycles. The first kappa shape index (κ1) is 13.5. The normalized spacial score (nSPS) is 11.3. The minimum atomic E-state index is -4.76. The van der Waals surface area contributed by atoms with Crippen LogP contribution in [0.2, 0.25) is 0 Å². The first-order valence-corrected chi connectivity index (χ1v) is 6.08. The van der Waals surface area contributed by atoms with Gasteiger partial charge in [-0.15, -0.1) is 24.5 Å². The molecule has 0 radical (unpaired) electrons. The molecule has 7 heteroatoms. The molecule has 0 fully saturated rings. The fraction of sp³-hybridized carbons (Fsp3) is 0.167. The van der Waals surface area contributed by atoms with E-state index in [9.17, 15) is 18.0 Å². The van der Waals surface area contributed by atoms with Crippen molar-refractivity contribution in [3.8, 4) is 5.75 Å². The van der Waals surface area contributed by atoms with Crippen LogP contribution in [0.3, 0.4) is 0 Å². The van der Waals surface area contributed by atoms with Gasteiger partial charge in [-0.1, -0.05) is 12.1 Å². The number of hydrogen-bond acceptors (Lipinski definition) is 4. The third-order valence-corrected chi connectivity index (χ3v) is 2.99. The van der Waals surface area contributed by atoms with Gasteiger partial charge in [0.15, 0.2) is 5.78 Å². The summed E-state index contributed by atoms with van der Waals surface area (Å²) in [5.74, 6) is -0.681. The molecule has 0 aliphatic rings. The number of ketones is 1. The van der Waals surface area contributed by atoms with E-state index >= 15 is 0 Å². The van der Waals surface area contributed by atoms with E-state index < -0.39 is 12.1 Å². The fourth-order valence-electron chi connectivity index (χ4n) is 1.46. The summed E-state index contributed by atoms with van der Waals surface area (Å²) < 4.78 is 40.0. The number of carbonyl (C=O) groups excluding carboxylic acids is 1. The molecular formula is C12H8F3NO2S. The van der Waals surface area contributed by atoms with E-state index in [1.165, 1.54) is 23.5 Å². The number of hydrogen-bond donors (Lipinski definition) is 0. The van der Waals surface area contributed by atoms with Gasteiger partial charge in [-0.3, -0.25) is 9.78 Å². The second kappa shape index (κ2) is 5.40. The highest BCUT2D eigenvalue weighted by molar-refractivity contribution is 7.09. The molecule has 0 unspecified atom stereocenters. The molecule has 2 aromatic rings. The maximum atomic E-state index is 12.1. The molecule has 1 heterocycles. The van der Waals surface area contributed by atoms with Crippen molar-refractivity contribution in [1.29, 1.82) is 0 Å². The van der Waals surface area contributed by atoms with Crippen LogP contribution in [0.25, 0.3) is 0 Å². The van der Waals surface area contributed by atoms with Gasteiger partial charge in [-0.05, 0) is 12.1 Å². The van der Waals surface area contributed by atoms with Gasteiger partial charge in [0.25, 0.3) is 0 Å². The van der Waals surface area contributed by atoms with Crippen molar-refractivity contribution in [3.63, 3.8) is 0 Å². The zero-order valence-corrected chi connectivity index (χ0v) is 10.3. The van der Waals surface area contributed by atoms with E-state index in [0.717, 1.165) is 17.0 Å². The average Bonchev–Trinajstić information content (AvgIpc) is 2.80. The van der Waals surface area contributed by atoms with Crippen LogP contribution < -0.4 is 4.74 Å². The molecule has 0 spiro atoms. The van der Waals surface area contributed by atoms with Crippen LogP contribution in [-0.2, 0) is 6.42 Å². The summed E-state index contributed by atoms with van der Waals surface area (Å²) in [6.45, 7) is 0. The lowest BCUT2D eigenvalue weighted by Gasteiger charge is -2.09. The van der Waals surface area contributed by atoms with Gasteiger partial charge in [0.05, 0.1) is 5.51 Å². The van der Waals surface area contributed by atoms with E-state index in [1.54, 1.807) is 11.7 Å². The number of benzene rings is 1. The zero-order chi connectivity index (χ0) is 13.9. The Kier molecular flexibility index (Phi) is 3.84. The van der Waals surface area contributed by atoms with E-state index in [0.29, 0.717) is 0 Å². The number of Topliss-reactive ketones (excluding diaryl/α,β-unsaturated/α-hetero) is 1. The van der Waals surface area contributed by atoms with Crippen LogP contribution in [0.4, 0.5) is 13.2 Å². The van der Waals surface area contributed by atoms with Crippen LogP contribution in [0.1, 0.15) is 15.2 Å². The van der Waals surface area contributed by atoms with Gasteiger partial charge in [-0.25, -0.2) is 0 Å². The van der Waals surface area contributed by atoms with Gasteiger partial charge < -0.3 is 4.74 Å². The molecule has 0 saturated heterocycles. The summed E-state index contributed by atoms with van der Waals surface area (Å²) >= 11 is 1.32. The van der Waals surface area contributed by atoms with Gasteiger partial charge in [0.2, 0.25) is 0 Å². The van der Waals surface area contributed by atoms with Crippen LogP contribution in [0.15, 0.2) is 36.0 Å². The molecule has 0 aliphatic heterocycles. The molecule has 3 nitrogen and oxygen atoms in total. The summed E-state index contributed by atoms with van der Waals surface area (Å²) in [5, 5.41) is 0. The van der Waals surface area contributed by atoms with Gasteiger partial charge in [0, 0.05) is 23.1 Å². The summed E-state index contributed by atoms with van der Waals surface area (Å²) in [6.07, 6.45) is -3.10. The number of thiazole rings is 1. The number of rotatable bonds is 4. The Morgan fingerprint density at radius 3 is 2.79 bits per heavy atom. The number of nitrogens with zero attached hydrogens (tertiary/aromatic N) is 1. The van der Waals surface area contributed by atoms with Crippen molar-refractivity contribution in [2.45, 2.75) is 12.8 Å². The minimum absolute atomic E-state index is 0.111. The lowest BCUT2D eigenvalue weighted by atomic mass is 10.1. The van der Waals surface area contributed by atoms with Crippen molar-refractivity contribution in [3.05, 3.63) is 46.4 Å². The molecule has 0 aliphatic carbocycles. The number of halogens is 3. The molecule has 0 bridgehead atoms. The highest BCUT2D eigenvalue weighted by Crippen LogP contribution is 2.24. The maximum absolute atomic E-state index is 12.1. The van der Waals surface area contributed by atoms with Crippen LogP contribution in [0.5, 0.6) is 5.75 Å². The Labute approximate surface area is 110 Å². The number of alkyl halides is 3. The van der Waals surface area contributed by atoms with Crippen molar-refractivity contribution >= 4 is 17.1 Å². The smallest absolute Gasteiger partial charge is 0.406 e. The Hall–Kier alpha value is -1.89. The van der Waals surface area contributed by atoms with Crippen molar-refractivity contribution in [2.75, 3.05) is 0 Å². The van der Waals surface area contributed by atoms with Crippen molar-refractivity contribution < 1.29 is 22.7 Å². The van der Waals surface area contributed by atoms with Gasteiger partial charge in [0.1, 0.15) is 5.75 Å². The van der Waals surface area contributed by atoms with Gasteiger partial charge >= 0.3 is 6.36 Å². The van der Waals surface area contributed by atoms with Crippen molar-refractivity contribution in [1.82, 2.24) is 4.98 Å². The van der Waals surface area contributed by atoms with Crippen LogP contribution in [0, 0.1) is 0 Å². The average molecular weight is 287 g/mol. The summed E-state index contributed by atoms with van der Waals surface area (Å²) in [7, 11) is 0. The Balaban J connectivity index is 2.12. The van der Waals surface area contributed by atoms with Crippen LogP contribution >= 0.6 is 11.3 Å². The Bertz CT molecular complexity index is 567. The highest BCUT2D eigenvalue weighted by atomic mass is 32.1. The predicted octanol–water partition coefficient (Wildman–Crippen LogP) is 3.47. The number of ether oxygens (including phenoxy) is 1. The lowest BCUT2D eigenvalue weighted by Crippen LogP contribution is -2.17. The SMILES string of the molecule is O=C(Cc1cncs1)c1cccc(OC(F)(F)F)c1. The first-order chi connectivity index (χ1) is 8.94. The topological polar surface area (TPSA) is 39.2 Å². The third-order valence-electron chi connectivity index (χ3n) is 2.21. The third kappa shape index (κ3) is 4.06. The minimum Gasteiger partial charge on any atom is -0.406 e. The number of carbonyl (C=O) groups is 1. The Morgan fingerprint density at radius 2 is 2.16 bits per heavy atom. The second-order valence-corrected chi connectivity index (χ2v) is 4.61. The van der Waals surface area contributed by atoms with Crippen LogP contribution in [-0.4, -0.2) is 17.1 Å². The summed E-state index contributed by atoms with van der Waals surface area (Å²) in [4.78, 5) is 16.5. The molecule has 0 atom stereocenters. The Morgan fingerprint density at radius 1 is 1.37 bits per heavy atom. The first-order valence-electron chi connectivity index (χ1n) is 5.20. The van der Waals surface area contributed by atoms with E-state index in [4.69, 9.17) is 0 Å². The molecule has 0 amide bonds. The molecule has 100 valence electrons. The van der Waals surface area contributed by atoms with Crippen molar-refractivity contribution in [2.24, 2.45) is 0 Å². The highest BCUT2D eigenvalue weighted by Gasteiger charge is 2.31. The lowest BCUT2D eigenvalue weighted by molar-refractivity contribution is -0.274. The zero-order valence-electron chi connectivity index (χ0n) is 9.48. The molecule has 2 rings (SSSR count). The molecule has 0 N–H and O–H groups in total. The maximum Gasteiger partial charge on any atom is 0.573 e. The van der Waals surface area contributed by atoms with E-state index in [1.807, 2.05) is 0 Å². The molecule has 0 saturated carbocycles. The van der Waals surface area contributed by atoms with E-state index in [2.05, 4.69) is 9.72 Å². The molecular weight excluding hydrogens is 279 g/mol. The van der Waals surface area contributed by atoms with E-state index in [-0.39, 0.29) is 17.8 Å². The fourth-order valence-corrected chi connectivity index (χ4v) is 2.05. The summed E-state index contributed by atoms with van der Waals surface area (Å²) in [5.41, 5.74) is 1.77. The number of aromatic nitrogens is 1. The standard InChI is InChI=1S/C12H8F3NO2S/c13-12(14,15)18-9-3-1-2-8(4-9)11(17)5-10-6-16-7-19-10/h1-4,6-7H,5H2. The second-order valence-electron chi connectivity index (χ2n) is 3.64. The molecule has 19 heavy (non-hydrogen) atoms. The molecule has 1 aromatic heterocycles. The quantitative estimate of drug-likeness (QED) is 0.808. The monoisotopic (exact) mass is 287 g/mol. The largest absolute Gasteiger partial charge is 0.573 e. The summed E-state index contributed by atoms with van der Waals surface area (Å²) in [6, 6.07) is 5.03. The predicted molar refractivity (Wildman–Crippen MR) is 63.3 cm³/mol.